The van der Waals surface area contributed by atoms with Crippen LogP contribution in [0.25, 0.3) is 5.95 Å². The summed E-state index contributed by atoms with van der Waals surface area (Å²) in [5.41, 5.74) is -0.675. The Morgan fingerprint density at radius 3 is 2.59 bits per heavy atom. The largest absolute Gasteiger partial charge is 0.416 e. The lowest BCUT2D eigenvalue weighted by molar-refractivity contribution is -0.138. The van der Waals surface area contributed by atoms with Crippen LogP contribution >= 0.6 is 11.6 Å². The normalized spacial score (nSPS) is 14.9. The molecular weight excluding hydrogens is 445 g/mol. The maximum atomic E-state index is 13.2. The number of hydrogen-bond acceptors (Lipinski definition) is 5. The van der Waals surface area contributed by atoms with Crippen LogP contribution in [0.1, 0.15) is 42.8 Å². The third-order valence-electron chi connectivity index (χ3n) is 5.27. The number of nitrogens with zero attached hydrogens (tertiary/aromatic N) is 6. The number of aromatic nitrogens is 5. The number of rotatable bonds is 7. The molecule has 2 aromatic heterocycles. The topological polar surface area (TPSA) is 76.8 Å². The highest BCUT2D eigenvalue weighted by Gasteiger charge is 2.34. The van der Waals surface area contributed by atoms with Gasteiger partial charge < -0.3 is 4.90 Å². The van der Waals surface area contributed by atoms with Crippen LogP contribution in [0, 0.1) is 5.92 Å². The average molecular weight is 465 g/mol. The Kier molecular flexibility index (Phi) is 6.14. The Bertz CT molecular complexity index is 1100. The van der Waals surface area contributed by atoms with E-state index in [9.17, 15) is 18.0 Å². The number of hydrogen-bond donors (Lipinski definition) is 0. The zero-order valence-corrected chi connectivity index (χ0v) is 17.9. The molecule has 0 saturated heterocycles. The molecule has 0 spiro atoms. The fourth-order valence-corrected chi connectivity index (χ4v) is 3.73. The van der Waals surface area contributed by atoms with E-state index in [1.165, 1.54) is 17.1 Å². The molecule has 0 aliphatic heterocycles. The molecule has 4 rings (SSSR count). The zero-order chi connectivity index (χ0) is 22.9. The summed E-state index contributed by atoms with van der Waals surface area (Å²) >= 11 is 5.89. The Morgan fingerprint density at radius 2 is 1.94 bits per heavy atom. The molecule has 1 aliphatic carbocycles. The molecule has 0 N–H and O–H groups in total. The summed E-state index contributed by atoms with van der Waals surface area (Å²) < 4.78 is 40.9. The third-order valence-corrected chi connectivity index (χ3v) is 5.49. The molecule has 1 saturated carbocycles. The second kappa shape index (κ2) is 8.85. The lowest BCUT2D eigenvalue weighted by atomic mass is 10.1. The minimum atomic E-state index is -4.55. The van der Waals surface area contributed by atoms with Crippen molar-refractivity contribution in [2.45, 2.75) is 38.4 Å². The van der Waals surface area contributed by atoms with Crippen molar-refractivity contribution in [3.05, 3.63) is 65.0 Å². The first-order valence-corrected chi connectivity index (χ1v) is 10.4. The summed E-state index contributed by atoms with van der Waals surface area (Å²) in [7, 11) is 0. The van der Waals surface area contributed by atoms with E-state index >= 15 is 0 Å². The second-order valence-corrected chi connectivity index (χ2v) is 8.20. The summed E-state index contributed by atoms with van der Waals surface area (Å²) in [6.45, 7) is 2.29. The van der Waals surface area contributed by atoms with Crippen molar-refractivity contribution in [3.8, 4) is 5.95 Å². The van der Waals surface area contributed by atoms with Crippen molar-refractivity contribution >= 4 is 17.5 Å². The van der Waals surface area contributed by atoms with Gasteiger partial charge in [0, 0.05) is 24.0 Å². The van der Waals surface area contributed by atoms with Gasteiger partial charge in [0.15, 0.2) is 5.82 Å². The first kappa shape index (κ1) is 22.2. The molecule has 168 valence electrons. The predicted molar refractivity (Wildman–Crippen MR) is 110 cm³/mol. The Hall–Kier alpha value is -3.01. The van der Waals surface area contributed by atoms with E-state index < -0.39 is 17.8 Å². The van der Waals surface area contributed by atoms with Crippen LogP contribution in [0.15, 0.2) is 43.0 Å². The fourth-order valence-electron chi connectivity index (χ4n) is 3.48. The molecule has 3 aromatic rings. The summed E-state index contributed by atoms with van der Waals surface area (Å²) in [6, 6.07) is 4.38. The summed E-state index contributed by atoms with van der Waals surface area (Å²) in [6.07, 6.45) is 1.74. The Labute approximate surface area is 187 Å². The number of halogens is 4. The zero-order valence-electron chi connectivity index (χ0n) is 17.1. The van der Waals surface area contributed by atoms with E-state index in [0.29, 0.717) is 24.2 Å². The van der Waals surface area contributed by atoms with Gasteiger partial charge in [0.25, 0.3) is 5.95 Å². The molecule has 2 heterocycles. The fraction of sp³-hybridized carbons (Fsp3) is 0.381. The minimum absolute atomic E-state index is 0.0645. The van der Waals surface area contributed by atoms with Crippen LogP contribution in [0.3, 0.4) is 0 Å². The molecule has 0 bridgehead atoms. The molecule has 11 heteroatoms. The highest BCUT2D eigenvalue weighted by atomic mass is 35.5. The van der Waals surface area contributed by atoms with Crippen LogP contribution in [0.5, 0.6) is 0 Å². The van der Waals surface area contributed by atoms with Gasteiger partial charge in [-0.05, 0) is 55.5 Å². The van der Waals surface area contributed by atoms with Crippen LogP contribution < -0.4 is 0 Å². The quantitative estimate of drug-likeness (QED) is 0.522. The molecule has 1 aliphatic rings. The van der Waals surface area contributed by atoms with Gasteiger partial charge in [-0.25, -0.2) is 15.0 Å². The molecule has 1 amide bonds. The molecule has 1 unspecified atom stereocenters. The first-order chi connectivity index (χ1) is 15.2. The minimum Gasteiger partial charge on any atom is -0.332 e. The summed E-state index contributed by atoms with van der Waals surface area (Å²) in [5.74, 6) is 0.821. The van der Waals surface area contributed by atoms with Gasteiger partial charge in [-0.2, -0.15) is 23.0 Å². The number of benzene rings is 1. The lowest BCUT2D eigenvalue weighted by Crippen LogP contribution is -2.37. The van der Waals surface area contributed by atoms with Crippen molar-refractivity contribution in [1.82, 2.24) is 29.6 Å². The molecule has 32 heavy (non-hydrogen) atoms. The number of alkyl halides is 3. The maximum absolute atomic E-state index is 13.2. The van der Waals surface area contributed by atoms with Crippen LogP contribution in [-0.2, 0) is 17.4 Å². The maximum Gasteiger partial charge on any atom is 0.416 e. The molecule has 1 atom stereocenters. The van der Waals surface area contributed by atoms with E-state index in [1.54, 1.807) is 23.4 Å². The van der Waals surface area contributed by atoms with E-state index in [2.05, 4.69) is 20.1 Å². The van der Waals surface area contributed by atoms with E-state index in [4.69, 9.17) is 11.6 Å². The molecule has 7 nitrogen and oxygen atoms in total. The van der Waals surface area contributed by atoms with Gasteiger partial charge in [-0.1, -0.05) is 11.6 Å². The van der Waals surface area contributed by atoms with Crippen molar-refractivity contribution < 1.29 is 18.0 Å². The molecule has 0 radical (unpaired) electrons. The van der Waals surface area contributed by atoms with Crippen molar-refractivity contribution in [2.75, 3.05) is 6.54 Å². The summed E-state index contributed by atoms with van der Waals surface area (Å²) in [5, 5.41) is 4.11. The monoisotopic (exact) mass is 464 g/mol. The molecule has 1 fully saturated rings. The molecule has 1 aromatic carbocycles. The van der Waals surface area contributed by atoms with E-state index in [-0.39, 0.29) is 22.9 Å². The van der Waals surface area contributed by atoms with Gasteiger partial charge in [-0.3, -0.25) is 4.79 Å². The van der Waals surface area contributed by atoms with Crippen molar-refractivity contribution in [2.24, 2.45) is 5.92 Å². The van der Waals surface area contributed by atoms with Gasteiger partial charge >= 0.3 is 6.18 Å². The van der Waals surface area contributed by atoms with Crippen LogP contribution in [0.4, 0.5) is 13.2 Å². The predicted octanol–water partition coefficient (Wildman–Crippen LogP) is 4.27. The summed E-state index contributed by atoms with van der Waals surface area (Å²) in [4.78, 5) is 27.5. The van der Waals surface area contributed by atoms with Gasteiger partial charge in [0.05, 0.1) is 18.0 Å². The van der Waals surface area contributed by atoms with Gasteiger partial charge in [0.2, 0.25) is 5.91 Å². The van der Waals surface area contributed by atoms with Crippen LogP contribution in [-0.4, -0.2) is 42.1 Å². The van der Waals surface area contributed by atoms with E-state index in [1.807, 2.05) is 6.92 Å². The number of carbonyl (C=O) groups excluding carboxylic acids is 1. The average Bonchev–Trinajstić information content (AvgIpc) is 3.43. The SMILES string of the molecule is CC(c1ncnn1-c1ncccn1)N(CC1CC1)C(=O)Cc1cc(Cl)cc(C(F)(F)F)c1. The highest BCUT2D eigenvalue weighted by molar-refractivity contribution is 6.30. The Balaban J connectivity index is 1.60. The van der Waals surface area contributed by atoms with Crippen molar-refractivity contribution in [3.63, 3.8) is 0 Å². The van der Waals surface area contributed by atoms with Gasteiger partial charge in [0.1, 0.15) is 6.33 Å². The molecular formula is C21H20ClF3N6O. The Morgan fingerprint density at radius 1 is 1.22 bits per heavy atom. The van der Waals surface area contributed by atoms with Crippen molar-refractivity contribution in [1.29, 1.82) is 0 Å². The third kappa shape index (κ3) is 5.07. The standard InChI is InChI=1S/C21H20ClF3N6O/c1-13(19-28-12-29-31(19)20-26-5-2-6-27-20)30(11-14-3-4-14)18(32)9-15-7-16(21(23,24)25)10-17(22)8-15/h2,5-8,10,12-14H,3-4,9,11H2,1H3. The number of amides is 1. The van der Waals surface area contributed by atoms with Crippen LogP contribution in [0.2, 0.25) is 5.02 Å². The highest BCUT2D eigenvalue weighted by Crippen LogP contribution is 2.34. The van der Waals surface area contributed by atoms with E-state index in [0.717, 1.165) is 25.0 Å². The number of carbonyl (C=O) groups is 1. The smallest absolute Gasteiger partial charge is 0.332 e. The second-order valence-electron chi connectivity index (χ2n) is 7.77. The van der Waals surface area contributed by atoms with Gasteiger partial charge in [-0.15, -0.1) is 0 Å². The first-order valence-electron chi connectivity index (χ1n) is 10.1. The lowest BCUT2D eigenvalue weighted by Gasteiger charge is -2.29.